The van der Waals surface area contributed by atoms with E-state index in [1.54, 1.807) is 0 Å². The summed E-state index contributed by atoms with van der Waals surface area (Å²) in [5.41, 5.74) is 2.00. The minimum absolute atomic E-state index is 0.0181. The van der Waals surface area contributed by atoms with Crippen LogP contribution in [-0.4, -0.2) is 23.9 Å². The monoisotopic (exact) mass is 342 g/mol. The predicted molar refractivity (Wildman–Crippen MR) is 98.0 cm³/mol. The van der Waals surface area contributed by atoms with E-state index in [9.17, 15) is 4.79 Å². The van der Waals surface area contributed by atoms with E-state index in [0.717, 1.165) is 42.1 Å². The van der Waals surface area contributed by atoms with Crippen molar-refractivity contribution in [3.8, 4) is 0 Å². The van der Waals surface area contributed by atoms with Gasteiger partial charge < -0.3 is 4.90 Å². The molecule has 0 bridgehead atoms. The molecule has 1 aliphatic heterocycles. The topological polar surface area (TPSA) is 32.3 Å². The minimum atomic E-state index is -0.351. The number of hydrogen-bond acceptors (Lipinski definition) is 2. The van der Waals surface area contributed by atoms with Gasteiger partial charge in [-0.05, 0) is 37.0 Å². The van der Waals surface area contributed by atoms with Crippen LogP contribution in [0.2, 0.25) is 5.02 Å². The van der Waals surface area contributed by atoms with Gasteiger partial charge in [-0.2, -0.15) is 0 Å². The molecular weight excluding hydrogens is 320 g/mol. The van der Waals surface area contributed by atoms with Gasteiger partial charge in [0.25, 0.3) is 0 Å². The van der Waals surface area contributed by atoms with Crippen molar-refractivity contribution < 1.29 is 4.79 Å². The lowest BCUT2D eigenvalue weighted by Gasteiger charge is -2.27. The first-order valence-corrected chi connectivity index (χ1v) is 8.89. The van der Waals surface area contributed by atoms with Gasteiger partial charge in [-0.3, -0.25) is 10.1 Å². The lowest BCUT2D eigenvalue weighted by molar-refractivity contribution is -0.132. The van der Waals surface area contributed by atoms with Gasteiger partial charge in [-0.1, -0.05) is 60.1 Å². The van der Waals surface area contributed by atoms with E-state index in [1.165, 1.54) is 0 Å². The fourth-order valence-electron chi connectivity index (χ4n) is 3.24. The Balaban J connectivity index is 1.84. The van der Waals surface area contributed by atoms with Crippen molar-refractivity contribution >= 4 is 17.5 Å². The smallest absolute Gasteiger partial charge is 0.244 e. The zero-order valence-electron chi connectivity index (χ0n) is 13.9. The highest BCUT2D eigenvalue weighted by molar-refractivity contribution is 6.31. The Hall–Kier alpha value is -1.84. The molecule has 2 aromatic rings. The molecule has 1 amide bonds. The second-order valence-electron chi connectivity index (χ2n) is 6.29. The average molecular weight is 343 g/mol. The SMILES string of the molecule is C[C@@H](N[C@@H](C(=O)N1CCCC1)c1ccccc1)c1ccccc1Cl. The number of rotatable bonds is 5. The summed E-state index contributed by atoms with van der Waals surface area (Å²) in [5.74, 6) is 0.151. The zero-order valence-corrected chi connectivity index (χ0v) is 14.7. The third-order valence-corrected chi connectivity index (χ3v) is 4.93. The Bertz CT molecular complexity index is 683. The highest BCUT2D eigenvalue weighted by atomic mass is 35.5. The number of nitrogens with zero attached hydrogens (tertiary/aromatic N) is 1. The quantitative estimate of drug-likeness (QED) is 0.875. The van der Waals surface area contributed by atoms with Crippen molar-refractivity contribution in [2.24, 2.45) is 0 Å². The molecule has 0 aliphatic carbocycles. The van der Waals surface area contributed by atoms with E-state index in [1.807, 2.05) is 59.5 Å². The molecule has 2 atom stereocenters. The Morgan fingerprint density at radius 2 is 1.67 bits per heavy atom. The normalized spacial score (nSPS) is 16.8. The van der Waals surface area contributed by atoms with Crippen LogP contribution in [0.15, 0.2) is 54.6 Å². The Morgan fingerprint density at radius 3 is 2.33 bits per heavy atom. The fourth-order valence-corrected chi connectivity index (χ4v) is 3.54. The number of carbonyl (C=O) groups excluding carboxylic acids is 1. The Labute approximate surface area is 148 Å². The number of amides is 1. The number of carbonyl (C=O) groups is 1. The van der Waals surface area contributed by atoms with Crippen molar-refractivity contribution in [3.05, 3.63) is 70.7 Å². The van der Waals surface area contributed by atoms with Gasteiger partial charge in [0, 0.05) is 24.2 Å². The first-order valence-electron chi connectivity index (χ1n) is 8.51. The zero-order chi connectivity index (χ0) is 16.9. The summed E-state index contributed by atoms with van der Waals surface area (Å²) in [5, 5.41) is 4.21. The second kappa shape index (κ2) is 7.82. The van der Waals surface area contributed by atoms with E-state index in [-0.39, 0.29) is 18.0 Å². The molecule has 0 aromatic heterocycles. The van der Waals surface area contributed by atoms with Crippen LogP contribution in [0.4, 0.5) is 0 Å². The molecule has 24 heavy (non-hydrogen) atoms. The van der Waals surface area contributed by atoms with Crippen LogP contribution < -0.4 is 5.32 Å². The van der Waals surface area contributed by atoms with Crippen molar-refractivity contribution in [1.82, 2.24) is 10.2 Å². The minimum Gasteiger partial charge on any atom is -0.341 e. The van der Waals surface area contributed by atoms with Crippen LogP contribution in [0.1, 0.15) is 43.0 Å². The Morgan fingerprint density at radius 1 is 1.04 bits per heavy atom. The summed E-state index contributed by atoms with van der Waals surface area (Å²) in [7, 11) is 0. The first kappa shape index (κ1) is 17.0. The van der Waals surface area contributed by atoms with Gasteiger partial charge in [-0.25, -0.2) is 0 Å². The van der Waals surface area contributed by atoms with Gasteiger partial charge in [0.2, 0.25) is 5.91 Å². The molecular formula is C20H23ClN2O. The molecule has 0 unspecified atom stereocenters. The number of hydrogen-bond donors (Lipinski definition) is 1. The second-order valence-corrected chi connectivity index (χ2v) is 6.69. The molecule has 0 saturated carbocycles. The third kappa shape index (κ3) is 3.80. The fraction of sp³-hybridized carbons (Fsp3) is 0.350. The van der Waals surface area contributed by atoms with E-state index < -0.39 is 0 Å². The maximum Gasteiger partial charge on any atom is 0.244 e. The van der Waals surface area contributed by atoms with E-state index >= 15 is 0 Å². The summed E-state index contributed by atoms with van der Waals surface area (Å²) in [6, 6.07) is 17.3. The summed E-state index contributed by atoms with van der Waals surface area (Å²) >= 11 is 6.32. The van der Waals surface area contributed by atoms with Crippen LogP contribution in [0.5, 0.6) is 0 Å². The lowest BCUT2D eigenvalue weighted by Crippen LogP contribution is -2.40. The molecule has 0 radical (unpaired) electrons. The molecule has 3 nitrogen and oxygen atoms in total. The summed E-state index contributed by atoms with van der Waals surface area (Å²) in [6.07, 6.45) is 2.18. The summed E-state index contributed by atoms with van der Waals surface area (Å²) < 4.78 is 0. The van der Waals surface area contributed by atoms with Crippen LogP contribution in [0.25, 0.3) is 0 Å². The van der Waals surface area contributed by atoms with E-state index in [4.69, 9.17) is 11.6 Å². The van der Waals surface area contributed by atoms with Gasteiger partial charge in [-0.15, -0.1) is 0 Å². The van der Waals surface area contributed by atoms with Crippen molar-refractivity contribution in [3.63, 3.8) is 0 Å². The standard InChI is InChI=1S/C20H23ClN2O/c1-15(17-11-5-6-12-18(17)21)22-19(16-9-3-2-4-10-16)20(24)23-13-7-8-14-23/h2-6,9-12,15,19,22H,7-8,13-14H2,1H3/t15-,19-/m1/s1. The molecule has 1 saturated heterocycles. The van der Waals surface area contributed by atoms with Gasteiger partial charge in [0.15, 0.2) is 0 Å². The number of halogens is 1. The van der Waals surface area contributed by atoms with E-state index in [2.05, 4.69) is 12.2 Å². The lowest BCUT2D eigenvalue weighted by atomic mass is 10.0. The van der Waals surface area contributed by atoms with Gasteiger partial charge in [0.05, 0.1) is 0 Å². The first-order chi connectivity index (χ1) is 11.7. The molecule has 1 fully saturated rings. The summed E-state index contributed by atoms with van der Waals surface area (Å²) in [4.78, 5) is 15.0. The molecule has 1 N–H and O–H groups in total. The molecule has 1 aliphatic rings. The van der Waals surface area contributed by atoms with Crippen molar-refractivity contribution in [2.45, 2.75) is 31.8 Å². The third-order valence-electron chi connectivity index (χ3n) is 4.59. The van der Waals surface area contributed by atoms with Crippen molar-refractivity contribution in [2.75, 3.05) is 13.1 Å². The molecule has 126 valence electrons. The van der Waals surface area contributed by atoms with Crippen LogP contribution in [-0.2, 0) is 4.79 Å². The maximum atomic E-state index is 13.0. The predicted octanol–water partition coefficient (Wildman–Crippen LogP) is 4.35. The van der Waals surface area contributed by atoms with Crippen LogP contribution in [0.3, 0.4) is 0 Å². The van der Waals surface area contributed by atoms with Crippen LogP contribution >= 0.6 is 11.6 Å². The molecule has 2 aromatic carbocycles. The van der Waals surface area contributed by atoms with Crippen molar-refractivity contribution in [1.29, 1.82) is 0 Å². The highest BCUT2D eigenvalue weighted by Crippen LogP contribution is 2.27. The van der Waals surface area contributed by atoms with Crippen LogP contribution in [0, 0.1) is 0 Å². The largest absolute Gasteiger partial charge is 0.341 e. The maximum absolute atomic E-state index is 13.0. The molecule has 1 heterocycles. The molecule has 0 spiro atoms. The number of nitrogens with one attached hydrogen (secondary N) is 1. The molecule has 3 rings (SSSR count). The van der Waals surface area contributed by atoms with E-state index in [0.29, 0.717) is 0 Å². The summed E-state index contributed by atoms with van der Waals surface area (Å²) in [6.45, 7) is 3.75. The Kier molecular flexibility index (Phi) is 5.54. The number of benzene rings is 2. The highest BCUT2D eigenvalue weighted by Gasteiger charge is 2.29. The number of likely N-dealkylation sites (tertiary alicyclic amines) is 1. The molecule has 4 heteroatoms. The van der Waals surface area contributed by atoms with Gasteiger partial charge in [0.1, 0.15) is 6.04 Å². The van der Waals surface area contributed by atoms with Gasteiger partial charge >= 0.3 is 0 Å². The average Bonchev–Trinajstić information content (AvgIpc) is 3.15.